The zero-order chi connectivity index (χ0) is 41.1. The van der Waals surface area contributed by atoms with Crippen LogP contribution in [0.5, 0.6) is 0 Å². The van der Waals surface area contributed by atoms with E-state index in [2.05, 4.69) is 65.8 Å². The van der Waals surface area contributed by atoms with E-state index < -0.39 is 16.1 Å². The first-order valence-corrected chi connectivity index (χ1v) is 21.5. The molecule has 0 heterocycles. The molecule has 1 radical (unpaired) electrons. The first kappa shape index (κ1) is 57.9. The van der Waals surface area contributed by atoms with Gasteiger partial charge in [-0.15, -0.1) is 11.7 Å². The van der Waals surface area contributed by atoms with E-state index in [0.717, 1.165) is 37.6 Å². The minimum atomic E-state index is -5.33. The number of ether oxygens (including phenoxy) is 4. The average Bonchev–Trinajstić information content (AvgIpc) is 3.04. The van der Waals surface area contributed by atoms with Gasteiger partial charge in [-0.1, -0.05) is 128 Å². The van der Waals surface area contributed by atoms with Crippen LogP contribution >= 0.6 is 32.8 Å². The maximum absolute atomic E-state index is 13.4. The maximum atomic E-state index is 13.4. The smallest absolute Gasteiger partial charge is 0.238 e. The Morgan fingerprint density at radius 3 is 1.00 bits per heavy atom. The van der Waals surface area contributed by atoms with Gasteiger partial charge in [-0.3, -0.25) is 0 Å². The molecule has 0 saturated heterocycles. The van der Waals surface area contributed by atoms with Gasteiger partial charge in [0.1, 0.15) is 0 Å². The van der Waals surface area contributed by atoms with Crippen molar-refractivity contribution >= 4 is 32.8 Å². The predicted octanol–water partition coefficient (Wildman–Crippen LogP) is 12.6. The van der Waals surface area contributed by atoms with Gasteiger partial charge in [0.05, 0.1) is 31.3 Å². The Morgan fingerprint density at radius 1 is 0.509 bits per heavy atom. The van der Waals surface area contributed by atoms with E-state index in [1.165, 1.54) is 25.3 Å². The van der Waals surface area contributed by atoms with Crippen molar-refractivity contribution in [2.24, 2.45) is 0 Å². The fraction of sp³-hybridized carbons (Fsp3) is 0.568. The van der Waals surface area contributed by atoms with Crippen LogP contribution in [0.1, 0.15) is 120 Å². The third-order valence-corrected chi connectivity index (χ3v) is 12.4. The molecule has 0 amide bonds. The number of halogens is 3. The molecule has 0 bridgehead atoms. The third kappa shape index (κ3) is 17.4. The van der Waals surface area contributed by atoms with Gasteiger partial charge in [0.25, 0.3) is 0 Å². The molecule has 0 aliphatic carbocycles. The van der Waals surface area contributed by atoms with Crippen LogP contribution < -0.4 is 0 Å². The summed E-state index contributed by atoms with van der Waals surface area (Å²) in [5.41, 5.74) is 8.06. The predicted molar refractivity (Wildman–Crippen MR) is 234 cm³/mol. The van der Waals surface area contributed by atoms with Crippen molar-refractivity contribution in [2.45, 2.75) is 140 Å². The van der Waals surface area contributed by atoms with E-state index in [4.69, 9.17) is 18.9 Å². The van der Waals surface area contributed by atoms with Crippen molar-refractivity contribution in [2.75, 3.05) is 41.7 Å². The van der Waals surface area contributed by atoms with Crippen molar-refractivity contribution in [3.8, 4) is 0 Å². The van der Waals surface area contributed by atoms with Gasteiger partial charge in [-0.05, 0) is 79.2 Å². The van der Waals surface area contributed by atoms with E-state index in [1.807, 2.05) is 20.8 Å². The molecule has 0 aliphatic rings. The summed E-state index contributed by atoms with van der Waals surface area (Å²) < 4.78 is 61.1. The van der Waals surface area contributed by atoms with Gasteiger partial charge in [-0.2, -0.15) is 0 Å². The van der Waals surface area contributed by atoms with Crippen molar-refractivity contribution in [1.82, 2.24) is 0 Å². The van der Waals surface area contributed by atoms with Gasteiger partial charge in [0.15, 0.2) is 0 Å². The summed E-state index contributed by atoms with van der Waals surface area (Å²) in [4.78, 5) is 1.73. The normalized spacial score (nSPS) is 12.2. The Balaban J connectivity index is 0. The van der Waals surface area contributed by atoms with Crippen molar-refractivity contribution in [1.29, 1.82) is 0 Å². The van der Waals surface area contributed by atoms with Crippen LogP contribution in [-0.2, 0) is 93.0 Å². The van der Waals surface area contributed by atoms with Crippen LogP contribution in [0, 0.1) is 7.43 Å². The topological polar surface area (TPSA) is 77.4 Å². The van der Waals surface area contributed by atoms with Crippen molar-refractivity contribution in [3.05, 3.63) is 93.9 Å². The Hall–Kier alpha value is -1.16. The molecule has 0 fully saturated rings. The van der Waals surface area contributed by atoms with Gasteiger partial charge in [0.2, 0.25) is 11.2 Å². The molecule has 0 atom stereocenters. The molecule has 0 spiro atoms. The molecule has 3 rings (SSSR count). The largest absolute Gasteiger partial charge is 0.396 e. The van der Waals surface area contributed by atoms with Gasteiger partial charge in [-0.25, -0.2) is 0 Å². The molecule has 0 unspecified atom stereocenters. The SMILES string of the molecule is C.COCc1cc(C(C)(C)C)cc(COC)c1S(F)(F)F.COCc1cc(C(C)(C)C)cc(COC)c1SSc1c(CCO)cc(C(C)(C)C)cc1CCO.[CH3-].[V]. The Kier molecular flexibility index (Phi) is 26.0. The number of rotatable bonds is 16. The Morgan fingerprint density at radius 2 is 0.754 bits per heavy atom. The molecule has 327 valence electrons. The third-order valence-electron chi connectivity index (χ3n) is 8.73. The molecule has 57 heavy (non-hydrogen) atoms. The summed E-state index contributed by atoms with van der Waals surface area (Å²) >= 11 is -5.33. The van der Waals surface area contributed by atoms with Crippen molar-refractivity contribution < 1.29 is 59.4 Å². The second-order valence-electron chi connectivity index (χ2n) is 16.4. The number of aliphatic hydroxyl groups is 2. The zero-order valence-corrected chi connectivity index (χ0v) is 39.8. The van der Waals surface area contributed by atoms with Gasteiger partial charge < -0.3 is 36.6 Å². The first-order valence-electron chi connectivity index (χ1n) is 18.0. The van der Waals surface area contributed by atoms with E-state index >= 15 is 0 Å². The van der Waals surface area contributed by atoms with E-state index in [9.17, 15) is 21.9 Å². The second kappa shape index (κ2) is 25.6. The number of benzene rings is 3. The van der Waals surface area contributed by atoms with E-state index in [-0.39, 0.29) is 87.2 Å². The second-order valence-corrected chi connectivity index (χ2v) is 19.7. The summed E-state index contributed by atoms with van der Waals surface area (Å²) in [6, 6.07) is 12.1. The molecule has 0 aliphatic heterocycles. The molecule has 0 saturated carbocycles. The average molecular weight is 899 g/mol. The molecule has 3 aromatic carbocycles. The number of methoxy groups -OCH3 is 4. The molecule has 2 N–H and O–H groups in total. The van der Waals surface area contributed by atoms with Crippen LogP contribution in [0.3, 0.4) is 0 Å². The van der Waals surface area contributed by atoms with Crippen LogP contribution in [-0.4, -0.2) is 51.9 Å². The first-order chi connectivity index (χ1) is 25.1. The zero-order valence-electron chi connectivity index (χ0n) is 36.0. The fourth-order valence-corrected chi connectivity index (χ4v) is 9.59. The molecule has 3 aromatic rings. The number of aliphatic hydroxyl groups excluding tert-OH is 2. The number of hydrogen-bond donors (Lipinski definition) is 2. The minimum Gasteiger partial charge on any atom is -0.396 e. The molecule has 13 heteroatoms. The molecule has 6 nitrogen and oxygen atoms in total. The van der Waals surface area contributed by atoms with Gasteiger partial charge >= 0.3 is 0 Å². The van der Waals surface area contributed by atoms with Crippen molar-refractivity contribution in [3.63, 3.8) is 0 Å². The van der Waals surface area contributed by atoms with E-state index in [0.29, 0.717) is 26.1 Å². The molecular formula is C44H70F3O6S3V-. The van der Waals surface area contributed by atoms with E-state index in [1.54, 1.807) is 47.9 Å². The Bertz CT molecular complexity index is 1490. The Labute approximate surface area is 365 Å². The van der Waals surface area contributed by atoms with Crippen LogP contribution in [0.4, 0.5) is 11.7 Å². The summed E-state index contributed by atoms with van der Waals surface area (Å²) in [7, 11) is 9.67. The molecular weight excluding hydrogens is 829 g/mol. The summed E-state index contributed by atoms with van der Waals surface area (Å²) in [6.45, 7) is 20.3. The summed E-state index contributed by atoms with van der Waals surface area (Å²) in [5.74, 6) is 0. The number of hydrogen-bond acceptors (Lipinski definition) is 8. The summed E-state index contributed by atoms with van der Waals surface area (Å²) in [5, 5.41) is 19.6. The maximum Gasteiger partial charge on any atom is 0.238 e. The quantitative estimate of drug-likeness (QED) is 0.109. The monoisotopic (exact) mass is 898 g/mol. The summed E-state index contributed by atoms with van der Waals surface area (Å²) in [6.07, 6.45) is 1.17. The van der Waals surface area contributed by atoms with Gasteiger partial charge in [0, 0.05) is 70.0 Å². The van der Waals surface area contributed by atoms with Crippen LogP contribution in [0.15, 0.2) is 51.1 Å². The molecule has 0 aromatic heterocycles. The standard InChI is InChI=1S/C28H42O4S2.C14H21F3O2S.CH4.CH3.V/c1-27(2,3)23-13-19(9-11-29)25(20(14-23)10-12-30)33-34-26-21(17-31-7)15-24(28(4,5)6)16-22(26)18-32-8;1-14(2,3)12-6-10(8-18-4)13(20(15,16)17)11(7-12)9-19-5;;;/h13-16,29-30H,9-12,17-18H2,1-8H3;6-7H,8-9H2,1-5H3;1H4;1H3;/q;;;-1;. The van der Waals surface area contributed by atoms with Crippen LogP contribution in [0.25, 0.3) is 0 Å². The van der Waals surface area contributed by atoms with Crippen LogP contribution in [0.2, 0.25) is 0 Å². The fourth-order valence-electron chi connectivity index (χ4n) is 5.82. The minimum absolute atomic E-state index is 0.